The molecule has 3 N–H and O–H groups in total. The van der Waals surface area contributed by atoms with Gasteiger partial charge in [0.2, 0.25) is 5.91 Å². The molecule has 2 aromatic carbocycles. The molecule has 1 amide bonds. The fraction of sp³-hybridized carbons (Fsp3) is 0.292. The minimum atomic E-state index is 0.0472. The molecule has 32 heavy (non-hydrogen) atoms. The molecule has 8 heteroatoms. The number of methoxy groups -OCH3 is 1. The summed E-state index contributed by atoms with van der Waals surface area (Å²) in [5, 5.41) is 12.6. The molecule has 1 aromatic heterocycles. The van der Waals surface area contributed by atoms with E-state index in [-0.39, 0.29) is 11.8 Å². The highest BCUT2D eigenvalue weighted by Gasteiger charge is 2.24. The number of carbonyl (C=O) groups is 1. The zero-order valence-corrected chi connectivity index (χ0v) is 19.0. The molecule has 7 nitrogen and oxygen atoms in total. The number of thiazole rings is 1. The molecular formula is C24H27N5O2S. The number of para-hydroxylation sites is 1. The van der Waals surface area contributed by atoms with Gasteiger partial charge in [0.05, 0.1) is 19.3 Å². The Balaban J connectivity index is 1.40. The SMILES string of the molecule is CCNC(=NCc1csc(-c2ccc(OC)cc2)n1)NCC1CC(=O)Nc2ccccc21. The molecule has 4 rings (SSSR count). The Bertz CT molecular complexity index is 1090. The first-order valence-corrected chi connectivity index (χ1v) is 11.5. The van der Waals surface area contributed by atoms with E-state index in [2.05, 4.69) is 22.0 Å². The highest BCUT2D eigenvalue weighted by Crippen LogP contribution is 2.31. The van der Waals surface area contributed by atoms with Gasteiger partial charge in [-0.3, -0.25) is 4.79 Å². The summed E-state index contributed by atoms with van der Waals surface area (Å²) in [4.78, 5) is 21.5. The molecule has 0 saturated carbocycles. The molecule has 0 spiro atoms. The van der Waals surface area contributed by atoms with Crippen molar-refractivity contribution >= 4 is 28.9 Å². The Hall–Kier alpha value is -3.39. The fourth-order valence-electron chi connectivity index (χ4n) is 3.65. The van der Waals surface area contributed by atoms with Gasteiger partial charge in [-0.25, -0.2) is 9.98 Å². The zero-order chi connectivity index (χ0) is 22.3. The lowest BCUT2D eigenvalue weighted by atomic mass is 9.90. The number of guanidine groups is 1. The van der Waals surface area contributed by atoms with Crippen molar-refractivity contribution < 1.29 is 9.53 Å². The number of benzene rings is 2. The van der Waals surface area contributed by atoms with Crippen LogP contribution in [0.15, 0.2) is 58.9 Å². The van der Waals surface area contributed by atoms with Crippen molar-refractivity contribution in [1.82, 2.24) is 15.6 Å². The minimum Gasteiger partial charge on any atom is -0.497 e. The van der Waals surface area contributed by atoms with Crippen LogP contribution in [0.3, 0.4) is 0 Å². The number of hydrogen-bond acceptors (Lipinski definition) is 5. The summed E-state index contributed by atoms with van der Waals surface area (Å²) in [6, 6.07) is 15.8. The van der Waals surface area contributed by atoms with Gasteiger partial charge in [0, 0.05) is 42.1 Å². The summed E-state index contributed by atoms with van der Waals surface area (Å²) in [7, 11) is 1.66. The fourth-order valence-corrected chi connectivity index (χ4v) is 4.47. The van der Waals surface area contributed by atoms with E-state index < -0.39 is 0 Å². The quantitative estimate of drug-likeness (QED) is 0.375. The lowest BCUT2D eigenvalue weighted by molar-refractivity contribution is -0.116. The second-order valence-corrected chi connectivity index (χ2v) is 8.34. The third kappa shape index (κ3) is 5.26. The summed E-state index contributed by atoms with van der Waals surface area (Å²) in [6.45, 7) is 3.89. The maximum Gasteiger partial charge on any atom is 0.225 e. The number of nitrogens with zero attached hydrogens (tertiary/aromatic N) is 2. The monoisotopic (exact) mass is 449 g/mol. The Labute approximate surface area is 192 Å². The van der Waals surface area contributed by atoms with Crippen LogP contribution in [0.1, 0.15) is 30.5 Å². The van der Waals surface area contributed by atoms with Crippen molar-refractivity contribution in [3.05, 3.63) is 65.2 Å². The molecule has 0 saturated heterocycles. The summed E-state index contributed by atoms with van der Waals surface area (Å²) < 4.78 is 5.22. The lowest BCUT2D eigenvalue weighted by Gasteiger charge is -2.26. The topological polar surface area (TPSA) is 87.6 Å². The van der Waals surface area contributed by atoms with Crippen LogP contribution in [0.2, 0.25) is 0 Å². The molecule has 1 unspecified atom stereocenters. The highest BCUT2D eigenvalue weighted by atomic mass is 32.1. The zero-order valence-electron chi connectivity index (χ0n) is 18.2. The highest BCUT2D eigenvalue weighted by molar-refractivity contribution is 7.13. The molecule has 0 radical (unpaired) electrons. The van der Waals surface area contributed by atoms with E-state index >= 15 is 0 Å². The van der Waals surface area contributed by atoms with E-state index in [0.717, 1.165) is 45.8 Å². The Morgan fingerprint density at radius 1 is 1.22 bits per heavy atom. The number of fused-ring (bicyclic) bond motifs is 1. The predicted molar refractivity (Wildman–Crippen MR) is 129 cm³/mol. The van der Waals surface area contributed by atoms with E-state index in [9.17, 15) is 4.79 Å². The first kappa shape index (κ1) is 21.8. The van der Waals surface area contributed by atoms with E-state index in [1.165, 1.54) is 0 Å². The number of nitrogens with one attached hydrogen (secondary N) is 3. The van der Waals surface area contributed by atoms with Gasteiger partial charge in [0.15, 0.2) is 5.96 Å². The molecule has 1 atom stereocenters. The average molecular weight is 450 g/mol. The largest absolute Gasteiger partial charge is 0.497 e. The van der Waals surface area contributed by atoms with Crippen LogP contribution in [0.4, 0.5) is 5.69 Å². The lowest BCUT2D eigenvalue weighted by Crippen LogP contribution is -2.40. The molecular weight excluding hydrogens is 422 g/mol. The number of rotatable bonds is 7. The standard InChI is InChI=1S/C24H27N5O2S/c1-3-25-24(26-13-17-12-22(30)29-21-7-5-4-6-20(17)21)27-14-18-15-32-23(28-18)16-8-10-19(31-2)11-9-16/h4-11,15,17H,3,12-14H2,1-2H3,(H,29,30)(H2,25,26,27). The minimum absolute atomic E-state index is 0.0472. The van der Waals surface area contributed by atoms with Gasteiger partial charge in [-0.15, -0.1) is 11.3 Å². The van der Waals surface area contributed by atoms with Crippen LogP contribution in [-0.2, 0) is 11.3 Å². The Morgan fingerprint density at radius 3 is 2.81 bits per heavy atom. The van der Waals surface area contributed by atoms with E-state index in [0.29, 0.717) is 19.5 Å². The number of aliphatic imine (C=N–C) groups is 1. The summed E-state index contributed by atoms with van der Waals surface area (Å²) in [5.74, 6) is 1.69. The number of amides is 1. The third-order valence-corrected chi connectivity index (χ3v) is 6.19. The maximum atomic E-state index is 12.1. The van der Waals surface area contributed by atoms with Gasteiger partial charge < -0.3 is 20.7 Å². The van der Waals surface area contributed by atoms with Gasteiger partial charge in [0.1, 0.15) is 10.8 Å². The van der Waals surface area contributed by atoms with Gasteiger partial charge in [-0.05, 0) is 42.8 Å². The van der Waals surface area contributed by atoms with Crippen LogP contribution in [0, 0.1) is 0 Å². The van der Waals surface area contributed by atoms with Crippen molar-refractivity contribution in [2.24, 2.45) is 4.99 Å². The predicted octanol–water partition coefficient (Wildman–Crippen LogP) is 4.00. The third-order valence-electron chi connectivity index (χ3n) is 5.25. The molecule has 3 aromatic rings. The van der Waals surface area contributed by atoms with Crippen molar-refractivity contribution in [2.45, 2.75) is 25.8 Å². The smallest absolute Gasteiger partial charge is 0.225 e. The van der Waals surface area contributed by atoms with Gasteiger partial charge in [-0.2, -0.15) is 0 Å². The summed E-state index contributed by atoms with van der Waals surface area (Å²) in [6.07, 6.45) is 0.459. The molecule has 166 valence electrons. The molecule has 1 aliphatic rings. The molecule has 0 aliphatic carbocycles. The van der Waals surface area contributed by atoms with Crippen molar-refractivity contribution in [3.8, 4) is 16.3 Å². The Morgan fingerprint density at radius 2 is 2.03 bits per heavy atom. The normalized spacial score (nSPS) is 15.6. The Kier molecular flexibility index (Phi) is 7.01. The van der Waals surface area contributed by atoms with Crippen LogP contribution in [0.25, 0.3) is 10.6 Å². The first-order chi connectivity index (χ1) is 15.7. The second kappa shape index (κ2) is 10.3. The van der Waals surface area contributed by atoms with Gasteiger partial charge in [-0.1, -0.05) is 18.2 Å². The number of anilines is 1. The van der Waals surface area contributed by atoms with Crippen LogP contribution < -0.4 is 20.7 Å². The first-order valence-electron chi connectivity index (χ1n) is 10.7. The van der Waals surface area contributed by atoms with Crippen molar-refractivity contribution in [3.63, 3.8) is 0 Å². The summed E-state index contributed by atoms with van der Waals surface area (Å²) >= 11 is 1.60. The number of hydrogen-bond donors (Lipinski definition) is 3. The van der Waals surface area contributed by atoms with Crippen LogP contribution >= 0.6 is 11.3 Å². The van der Waals surface area contributed by atoms with Crippen LogP contribution in [0.5, 0.6) is 5.75 Å². The maximum absolute atomic E-state index is 12.1. The molecule has 0 bridgehead atoms. The van der Waals surface area contributed by atoms with Crippen molar-refractivity contribution in [2.75, 3.05) is 25.5 Å². The molecule has 2 heterocycles. The molecule has 0 fully saturated rings. The van der Waals surface area contributed by atoms with Gasteiger partial charge >= 0.3 is 0 Å². The van der Waals surface area contributed by atoms with Gasteiger partial charge in [0.25, 0.3) is 0 Å². The van der Waals surface area contributed by atoms with E-state index in [1.807, 2.05) is 54.8 Å². The van der Waals surface area contributed by atoms with E-state index in [1.54, 1.807) is 18.4 Å². The number of carbonyl (C=O) groups excluding carboxylic acids is 1. The molecule has 1 aliphatic heterocycles. The number of ether oxygens (including phenoxy) is 1. The van der Waals surface area contributed by atoms with Crippen LogP contribution in [-0.4, -0.2) is 37.1 Å². The van der Waals surface area contributed by atoms with E-state index in [4.69, 9.17) is 14.7 Å². The van der Waals surface area contributed by atoms with Crippen molar-refractivity contribution in [1.29, 1.82) is 0 Å². The second-order valence-electron chi connectivity index (χ2n) is 7.49. The number of aromatic nitrogens is 1. The average Bonchev–Trinajstić information content (AvgIpc) is 3.29. The summed E-state index contributed by atoms with van der Waals surface area (Å²) in [5.41, 5.74) is 4.02.